The lowest BCUT2D eigenvalue weighted by molar-refractivity contribution is -0.136. The van der Waals surface area contributed by atoms with Crippen LogP contribution in [0.1, 0.15) is 22.8 Å². The van der Waals surface area contributed by atoms with Gasteiger partial charge in [0.25, 0.3) is 5.91 Å². The molecule has 0 saturated heterocycles. The first-order valence-corrected chi connectivity index (χ1v) is 9.23. The van der Waals surface area contributed by atoms with Crippen LogP contribution in [0.25, 0.3) is 6.08 Å². The minimum absolute atomic E-state index is 0.117. The first-order chi connectivity index (χ1) is 14.8. The van der Waals surface area contributed by atoms with Gasteiger partial charge in [-0.05, 0) is 42.8 Å². The summed E-state index contributed by atoms with van der Waals surface area (Å²) in [6, 6.07) is 11.0. The number of hydrogen-bond donors (Lipinski definition) is 1. The molecule has 1 N–H and O–H groups in total. The van der Waals surface area contributed by atoms with Crippen molar-refractivity contribution in [2.24, 2.45) is 0 Å². The molecule has 3 rings (SSSR count). The lowest BCUT2D eigenvalue weighted by atomic mass is 10.0. The molecule has 0 saturated carbocycles. The number of amides is 1. The van der Waals surface area contributed by atoms with Crippen molar-refractivity contribution >= 4 is 29.6 Å². The molecule has 0 aromatic heterocycles. The highest BCUT2D eigenvalue weighted by atomic mass is 16.5. The van der Waals surface area contributed by atoms with Crippen LogP contribution in [-0.2, 0) is 14.3 Å². The molecule has 2 aromatic carbocycles. The smallest absolute Gasteiger partial charge is 0.340 e. The molecule has 2 aromatic rings. The van der Waals surface area contributed by atoms with Crippen molar-refractivity contribution in [1.29, 1.82) is 0 Å². The third kappa shape index (κ3) is 4.00. The van der Waals surface area contributed by atoms with Crippen LogP contribution in [0.2, 0.25) is 0 Å². The Labute approximate surface area is 178 Å². The number of carboxylic acids is 1. The highest BCUT2D eigenvalue weighted by Gasteiger charge is 2.38. The molecule has 0 fully saturated rings. The van der Waals surface area contributed by atoms with E-state index in [9.17, 15) is 14.4 Å². The van der Waals surface area contributed by atoms with Gasteiger partial charge in [0, 0.05) is 11.8 Å². The fourth-order valence-corrected chi connectivity index (χ4v) is 3.34. The number of carbonyl (C=O) groups is 3. The Hall–Kier alpha value is -4.07. The Balaban J connectivity index is 2.10. The standard InChI is InChI=1S/C23H21NO7/c1-13-20(23(28)31-4)17(11-14-5-7-15(8-6-14)22(26)27)21(25)24(13)16-9-10-18(29-2)19(12-16)30-3/h5-12H,1-4H3,(H,26,27)/b17-11-. The van der Waals surface area contributed by atoms with Crippen LogP contribution in [-0.4, -0.2) is 44.3 Å². The van der Waals surface area contributed by atoms with Crippen LogP contribution in [0.5, 0.6) is 11.5 Å². The Bertz CT molecular complexity index is 1110. The maximum absolute atomic E-state index is 13.3. The minimum Gasteiger partial charge on any atom is -0.493 e. The van der Waals surface area contributed by atoms with Gasteiger partial charge in [-0.15, -0.1) is 0 Å². The second kappa shape index (κ2) is 8.74. The van der Waals surface area contributed by atoms with Crippen molar-refractivity contribution in [3.05, 3.63) is 70.4 Å². The summed E-state index contributed by atoms with van der Waals surface area (Å²) >= 11 is 0. The number of carbonyl (C=O) groups excluding carboxylic acids is 2. The quantitative estimate of drug-likeness (QED) is 0.562. The molecule has 1 amide bonds. The van der Waals surface area contributed by atoms with E-state index in [2.05, 4.69) is 0 Å². The van der Waals surface area contributed by atoms with Crippen molar-refractivity contribution in [1.82, 2.24) is 0 Å². The molecule has 1 aliphatic rings. The van der Waals surface area contributed by atoms with Gasteiger partial charge in [0.15, 0.2) is 11.5 Å². The van der Waals surface area contributed by atoms with E-state index in [4.69, 9.17) is 19.3 Å². The lowest BCUT2D eigenvalue weighted by Gasteiger charge is -2.19. The molecular formula is C23H21NO7. The number of allylic oxidation sites excluding steroid dienone is 1. The van der Waals surface area contributed by atoms with E-state index in [1.807, 2.05) is 0 Å². The van der Waals surface area contributed by atoms with Crippen LogP contribution in [0.15, 0.2) is 59.3 Å². The molecule has 0 atom stereocenters. The van der Waals surface area contributed by atoms with E-state index in [-0.39, 0.29) is 16.7 Å². The number of carboxylic acid groups (broad SMARTS) is 1. The van der Waals surface area contributed by atoms with Gasteiger partial charge in [0.1, 0.15) is 0 Å². The molecule has 1 heterocycles. The second-order valence-corrected chi connectivity index (χ2v) is 6.62. The number of aromatic carboxylic acids is 1. The molecule has 0 bridgehead atoms. The molecule has 0 spiro atoms. The molecule has 160 valence electrons. The number of methoxy groups -OCH3 is 3. The number of nitrogens with zero attached hydrogens (tertiary/aromatic N) is 1. The van der Waals surface area contributed by atoms with Gasteiger partial charge in [-0.1, -0.05) is 12.1 Å². The zero-order valence-corrected chi connectivity index (χ0v) is 17.5. The zero-order valence-electron chi connectivity index (χ0n) is 17.5. The maximum atomic E-state index is 13.3. The molecule has 1 aliphatic heterocycles. The molecular weight excluding hydrogens is 402 g/mol. The Morgan fingerprint density at radius 2 is 1.61 bits per heavy atom. The van der Waals surface area contributed by atoms with Crippen LogP contribution >= 0.6 is 0 Å². The summed E-state index contributed by atoms with van der Waals surface area (Å²) in [5.41, 5.74) is 1.85. The summed E-state index contributed by atoms with van der Waals surface area (Å²) in [6.45, 7) is 1.65. The van der Waals surface area contributed by atoms with Crippen molar-refractivity contribution in [2.75, 3.05) is 26.2 Å². The van der Waals surface area contributed by atoms with Crippen LogP contribution in [0.3, 0.4) is 0 Å². The van der Waals surface area contributed by atoms with Gasteiger partial charge < -0.3 is 19.3 Å². The van der Waals surface area contributed by atoms with E-state index in [1.165, 1.54) is 44.4 Å². The van der Waals surface area contributed by atoms with E-state index < -0.39 is 17.8 Å². The topological polar surface area (TPSA) is 102 Å². The molecule has 0 unspecified atom stereocenters. The predicted molar refractivity (Wildman–Crippen MR) is 113 cm³/mol. The zero-order chi connectivity index (χ0) is 22.7. The molecule has 8 heteroatoms. The second-order valence-electron chi connectivity index (χ2n) is 6.62. The average Bonchev–Trinajstić information content (AvgIpc) is 3.02. The fraction of sp³-hybridized carbons (Fsp3) is 0.174. The van der Waals surface area contributed by atoms with Crippen LogP contribution in [0, 0.1) is 0 Å². The number of benzene rings is 2. The Kier molecular flexibility index (Phi) is 6.10. The molecule has 31 heavy (non-hydrogen) atoms. The highest BCUT2D eigenvalue weighted by Crippen LogP contribution is 2.39. The van der Waals surface area contributed by atoms with Gasteiger partial charge >= 0.3 is 11.9 Å². The number of anilines is 1. The first-order valence-electron chi connectivity index (χ1n) is 9.23. The number of hydrogen-bond acceptors (Lipinski definition) is 6. The summed E-state index contributed by atoms with van der Waals surface area (Å²) in [5.74, 6) is -1.19. The minimum atomic E-state index is -1.05. The van der Waals surface area contributed by atoms with E-state index in [0.29, 0.717) is 28.4 Å². The van der Waals surface area contributed by atoms with Gasteiger partial charge in [-0.2, -0.15) is 0 Å². The maximum Gasteiger partial charge on any atom is 0.340 e. The number of rotatable bonds is 6. The van der Waals surface area contributed by atoms with Gasteiger partial charge in [0.2, 0.25) is 0 Å². The predicted octanol–water partition coefficient (Wildman–Crippen LogP) is 3.28. The van der Waals surface area contributed by atoms with Gasteiger partial charge in [0.05, 0.1) is 43.7 Å². The van der Waals surface area contributed by atoms with Gasteiger partial charge in [-0.3, -0.25) is 9.69 Å². The summed E-state index contributed by atoms with van der Waals surface area (Å²) in [6.07, 6.45) is 1.53. The van der Waals surface area contributed by atoms with Gasteiger partial charge in [-0.25, -0.2) is 9.59 Å². The fourth-order valence-electron chi connectivity index (χ4n) is 3.34. The Morgan fingerprint density at radius 3 is 2.16 bits per heavy atom. The summed E-state index contributed by atoms with van der Waals surface area (Å²) in [4.78, 5) is 38.3. The van der Waals surface area contributed by atoms with Crippen LogP contribution in [0.4, 0.5) is 5.69 Å². The van der Waals surface area contributed by atoms with E-state index in [1.54, 1.807) is 37.3 Å². The first kappa shape index (κ1) is 21.6. The van der Waals surface area contributed by atoms with Crippen molar-refractivity contribution in [3.8, 4) is 11.5 Å². The monoisotopic (exact) mass is 423 g/mol. The molecule has 0 aliphatic carbocycles. The third-order valence-corrected chi connectivity index (χ3v) is 4.88. The van der Waals surface area contributed by atoms with E-state index >= 15 is 0 Å². The SMILES string of the molecule is COC(=O)C1=C(C)N(c2ccc(OC)c(OC)c2)C(=O)/C1=C\c1ccc(C(=O)O)cc1. The number of ether oxygens (including phenoxy) is 3. The highest BCUT2D eigenvalue weighted by molar-refractivity contribution is 6.23. The lowest BCUT2D eigenvalue weighted by Crippen LogP contribution is -2.24. The summed E-state index contributed by atoms with van der Waals surface area (Å²) < 4.78 is 15.5. The Morgan fingerprint density at radius 1 is 0.968 bits per heavy atom. The number of esters is 1. The average molecular weight is 423 g/mol. The summed E-state index contributed by atoms with van der Waals surface area (Å²) in [5, 5.41) is 9.06. The largest absolute Gasteiger partial charge is 0.493 e. The van der Waals surface area contributed by atoms with Crippen molar-refractivity contribution < 1.29 is 33.7 Å². The molecule has 0 radical (unpaired) electrons. The van der Waals surface area contributed by atoms with Crippen molar-refractivity contribution in [2.45, 2.75) is 6.92 Å². The van der Waals surface area contributed by atoms with E-state index in [0.717, 1.165) is 0 Å². The third-order valence-electron chi connectivity index (χ3n) is 4.88. The van der Waals surface area contributed by atoms with Crippen LogP contribution < -0.4 is 14.4 Å². The van der Waals surface area contributed by atoms with Crippen molar-refractivity contribution in [3.63, 3.8) is 0 Å². The normalized spacial score (nSPS) is 14.8. The molecule has 8 nitrogen and oxygen atoms in total. The summed E-state index contributed by atoms with van der Waals surface area (Å²) in [7, 11) is 4.24.